The smallest absolute Gasteiger partial charge is 0.245 e. The van der Waals surface area contributed by atoms with Crippen LogP contribution in [-0.4, -0.2) is 78.5 Å². The number of carbonyl (C=O) groups is 4. The lowest BCUT2D eigenvalue weighted by atomic mass is 9.93. The number of ketones is 1. The Labute approximate surface area is 183 Å². The van der Waals surface area contributed by atoms with E-state index in [1.807, 2.05) is 13.8 Å². The average Bonchev–Trinajstić information content (AvgIpc) is 3.41. The van der Waals surface area contributed by atoms with E-state index < -0.39 is 29.6 Å². The predicted octanol–water partition coefficient (Wildman–Crippen LogP) is 0.552. The number of carbonyl (C=O) groups excluding carboxylic acids is 4. The van der Waals surface area contributed by atoms with Crippen LogP contribution in [0.4, 0.5) is 0 Å². The third kappa shape index (κ3) is 6.04. The number of fused-ring (bicyclic) bond motifs is 1. The Balaban J connectivity index is 1.68. The fraction of sp³-hybridized carbons (Fsp3) is 0.818. The van der Waals surface area contributed by atoms with Crippen molar-refractivity contribution in [2.75, 3.05) is 26.4 Å². The fourth-order valence-corrected chi connectivity index (χ4v) is 4.01. The molecule has 3 saturated heterocycles. The van der Waals surface area contributed by atoms with Gasteiger partial charge in [0.2, 0.25) is 17.7 Å². The van der Waals surface area contributed by atoms with Gasteiger partial charge in [-0.3, -0.25) is 19.2 Å². The van der Waals surface area contributed by atoms with Crippen molar-refractivity contribution < 1.29 is 28.7 Å². The first kappa shape index (κ1) is 23.7. The first-order valence-electron chi connectivity index (χ1n) is 11.4. The van der Waals surface area contributed by atoms with Crippen LogP contribution >= 0.6 is 0 Å². The third-order valence-electron chi connectivity index (χ3n) is 6.18. The van der Waals surface area contributed by atoms with Gasteiger partial charge in [0.05, 0.1) is 19.3 Å². The van der Waals surface area contributed by atoms with E-state index in [1.165, 1.54) is 0 Å². The van der Waals surface area contributed by atoms with E-state index in [0.29, 0.717) is 39.0 Å². The van der Waals surface area contributed by atoms with Crippen molar-refractivity contribution in [3.05, 3.63) is 0 Å². The van der Waals surface area contributed by atoms with E-state index in [0.717, 1.165) is 19.3 Å². The Morgan fingerprint density at radius 1 is 1.26 bits per heavy atom. The van der Waals surface area contributed by atoms with Gasteiger partial charge in [-0.1, -0.05) is 20.3 Å². The van der Waals surface area contributed by atoms with Crippen molar-refractivity contribution >= 4 is 23.5 Å². The maximum absolute atomic E-state index is 13.1. The van der Waals surface area contributed by atoms with Gasteiger partial charge < -0.3 is 25.0 Å². The van der Waals surface area contributed by atoms with Crippen LogP contribution in [0.5, 0.6) is 0 Å². The molecule has 9 nitrogen and oxygen atoms in total. The summed E-state index contributed by atoms with van der Waals surface area (Å²) in [5.74, 6) is -0.789. The molecule has 0 saturated carbocycles. The Hall–Kier alpha value is -2.00. The summed E-state index contributed by atoms with van der Waals surface area (Å²) in [7, 11) is 0. The summed E-state index contributed by atoms with van der Waals surface area (Å²) in [5.41, 5.74) is -0.843. The summed E-state index contributed by atoms with van der Waals surface area (Å²) in [6, 6.07) is -2.17. The molecule has 0 aromatic rings. The maximum atomic E-state index is 13.1. The van der Waals surface area contributed by atoms with Crippen molar-refractivity contribution in [2.24, 2.45) is 5.92 Å². The van der Waals surface area contributed by atoms with Gasteiger partial charge in [0.1, 0.15) is 17.7 Å². The maximum Gasteiger partial charge on any atom is 0.245 e. The monoisotopic (exact) mass is 437 g/mol. The number of rotatable bonds is 6. The molecule has 0 radical (unpaired) electrons. The lowest BCUT2D eigenvalue weighted by Gasteiger charge is -2.40. The van der Waals surface area contributed by atoms with Crippen molar-refractivity contribution in [1.82, 2.24) is 15.5 Å². The molecular weight excluding hydrogens is 402 g/mol. The quantitative estimate of drug-likeness (QED) is 0.586. The third-order valence-corrected chi connectivity index (χ3v) is 6.18. The molecule has 3 aliphatic heterocycles. The van der Waals surface area contributed by atoms with E-state index in [1.54, 1.807) is 11.8 Å². The minimum atomic E-state index is -0.929. The van der Waals surface area contributed by atoms with E-state index in [2.05, 4.69) is 10.6 Å². The summed E-state index contributed by atoms with van der Waals surface area (Å²) < 4.78 is 10.9. The number of nitrogens with zero attached hydrogens (tertiary/aromatic N) is 1. The summed E-state index contributed by atoms with van der Waals surface area (Å²) in [6.45, 7) is 7.07. The topological polar surface area (TPSA) is 117 Å². The Kier molecular flexibility index (Phi) is 7.69. The Morgan fingerprint density at radius 3 is 2.61 bits per heavy atom. The number of hydrogen-bond donors (Lipinski definition) is 2. The first-order valence-corrected chi connectivity index (χ1v) is 11.4. The minimum absolute atomic E-state index is 0.0205. The zero-order valence-electron chi connectivity index (χ0n) is 18.8. The molecule has 0 aromatic carbocycles. The second-order valence-corrected chi connectivity index (χ2v) is 9.41. The molecular formula is C22H35N3O6. The highest BCUT2D eigenvalue weighted by Crippen LogP contribution is 2.29. The minimum Gasteiger partial charge on any atom is -0.379 e. The number of amides is 3. The number of hydrogen-bond acceptors (Lipinski definition) is 6. The van der Waals surface area contributed by atoms with E-state index in [-0.39, 0.29) is 30.1 Å². The van der Waals surface area contributed by atoms with E-state index in [9.17, 15) is 19.2 Å². The summed E-state index contributed by atoms with van der Waals surface area (Å²) in [4.78, 5) is 52.6. The van der Waals surface area contributed by atoms with Crippen LogP contribution in [0.3, 0.4) is 0 Å². The Morgan fingerprint density at radius 2 is 2.00 bits per heavy atom. The molecule has 0 spiro atoms. The molecule has 0 aromatic heterocycles. The van der Waals surface area contributed by atoms with Gasteiger partial charge in [0, 0.05) is 19.6 Å². The molecule has 3 aliphatic rings. The van der Waals surface area contributed by atoms with Crippen LogP contribution in [0, 0.1) is 5.92 Å². The molecule has 31 heavy (non-hydrogen) atoms. The SMILES string of the molecule is CC(C)CC(NC(=O)[C@@H]1COCCCCCC(=O)N2CC[C@H]2C(=O)N1)C(=O)[C@@]1(C)CO1. The fourth-order valence-electron chi connectivity index (χ4n) is 4.01. The largest absolute Gasteiger partial charge is 0.379 e. The van der Waals surface area contributed by atoms with Crippen LogP contribution in [-0.2, 0) is 28.7 Å². The zero-order valence-corrected chi connectivity index (χ0v) is 18.8. The highest BCUT2D eigenvalue weighted by molar-refractivity contribution is 5.98. The molecule has 0 bridgehead atoms. The molecule has 4 atom stereocenters. The molecule has 3 amide bonds. The molecule has 1 unspecified atom stereocenters. The molecule has 2 N–H and O–H groups in total. The van der Waals surface area contributed by atoms with Crippen molar-refractivity contribution in [2.45, 2.75) is 83.0 Å². The van der Waals surface area contributed by atoms with Gasteiger partial charge in [0.25, 0.3) is 0 Å². The van der Waals surface area contributed by atoms with E-state index in [4.69, 9.17) is 9.47 Å². The molecule has 9 heteroatoms. The summed E-state index contributed by atoms with van der Waals surface area (Å²) in [6.07, 6.45) is 3.88. The van der Waals surface area contributed by atoms with Crippen LogP contribution in [0.2, 0.25) is 0 Å². The van der Waals surface area contributed by atoms with Gasteiger partial charge in [-0.2, -0.15) is 0 Å². The average molecular weight is 438 g/mol. The highest BCUT2D eigenvalue weighted by atomic mass is 16.6. The summed E-state index contributed by atoms with van der Waals surface area (Å²) in [5, 5.41) is 5.57. The van der Waals surface area contributed by atoms with Crippen LogP contribution < -0.4 is 10.6 Å². The second-order valence-electron chi connectivity index (χ2n) is 9.41. The number of nitrogens with one attached hydrogen (secondary N) is 2. The second kappa shape index (κ2) is 10.1. The number of epoxide rings is 1. The van der Waals surface area contributed by atoms with Crippen LogP contribution in [0.25, 0.3) is 0 Å². The van der Waals surface area contributed by atoms with Gasteiger partial charge >= 0.3 is 0 Å². The van der Waals surface area contributed by atoms with Crippen molar-refractivity contribution in [3.8, 4) is 0 Å². The van der Waals surface area contributed by atoms with Gasteiger partial charge in [-0.15, -0.1) is 0 Å². The first-order chi connectivity index (χ1) is 14.7. The molecule has 3 rings (SSSR count). The molecule has 3 fully saturated rings. The normalized spacial score (nSPS) is 30.6. The molecule has 174 valence electrons. The van der Waals surface area contributed by atoms with Crippen molar-refractivity contribution in [1.29, 1.82) is 0 Å². The van der Waals surface area contributed by atoms with Crippen LogP contribution in [0.1, 0.15) is 59.3 Å². The van der Waals surface area contributed by atoms with E-state index >= 15 is 0 Å². The highest BCUT2D eigenvalue weighted by Gasteiger charge is 2.50. The van der Waals surface area contributed by atoms with Crippen LogP contribution in [0.15, 0.2) is 0 Å². The number of ether oxygens (including phenoxy) is 2. The van der Waals surface area contributed by atoms with Gasteiger partial charge in [-0.05, 0) is 38.5 Å². The zero-order chi connectivity index (χ0) is 22.6. The molecule has 0 aliphatic carbocycles. The predicted molar refractivity (Wildman–Crippen MR) is 112 cm³/mol. The van der Waals surface area contributed by atoms with Gasteiger partial charge in [-0.25, -0.2) is 0 Å². The standard InChI is InChI=1S/C22H35N3O6/c1-14(2)11-15(19(27)22(3)13-31-22)23-20(28)16-12-30-10-6-4-5-7-18(26)25-9-8-17(25)21(29)24-16/h14-17H,4-13H2,1-3H3,(H,23,28)(H,24,29)/t15?,16-,17-,22+/m0/s1. The Bertz CT molecular complexity index is 705. The lowest BCUT2D eigenvalue weighted by Crippen LogP contribution is -2.62. The van der Waals surface area contributed by atoms with Crippen molar-refractivity contribution in [3.63, 3.8) is 0 Å². The molecule has 3 heterocycles. The summed E-state index contributed by atoms with van der Waals surface area (Å²) >= 11 is 0. The van der Waals surface area contributed by atoms with Gasteiger partial charge in [0.15, 0.2) is 5.78 Å². The number of Topliss-reactive ketones (excluding diaryl/α,β-unsaturated/α-hetero) is 1. The lowest BCUT2D eigenvalue weighted by molar-refractivity contribution is -0.148.